The molecule has 1 atom stereocenters. The molecule has 20 heavy (non-hydrogen) atoms. The van der Waals surface area contributed by atoms with E-state index in [-0.39, 0.29) is 11.9 Å². The third-order valence-corrected chi connectivity index (χ3v) is 3.56. The Kier molecular flexibility index (Phi) is 4.88. The van der Waals surface area contributed by atoms with Gasteiger partial charge in [0.25, 0.3) is 0 Å². The van der Waals surface area contributed by atoms with Crippen molar-refractivity contribution in [1.29, 1.82) is 0 Å². The van der Waals surface area contributed by atoms with Gasteiger partial charge in [-0.1, -0.05) is 35.3 Å². The van der Waals surface area contributed by atoms with Gasteiger partial charge >= 0.3 is 0 Å². The number of hydrogen-bond acceptors (Lipinski definition) is 2. The molecule has 2 rings (SSSR count). The van der Waals surface area contributed by atoms with Crippen LogP contribution in [0.25, 0.3) is 6.08 Å². The number of hydrogen-bond donors (Lipinski definition) is 1. The van der Waals surface area contributed by atoms with E-state index in [1.165, 1.54) is 6.08 Å². The minimum atomic E-state index is -0.232. The molecule has 1 N–H and O–H groups in total. The van der Waals surface area contributed by atoms with Gasteiger partial charge in [0, 0.05) is 6.08 Å². The summed E-state index contributed by atoms with van der Waals surface area (Å²) in [5.74, 6) is 0.470. The molecule has 0 fully saturated rings. The summed E-state index contributed by atoms with van der Waals surface area (Å²) in [6.07, 6.45) is 4.61. The zero-order chi connectivity index (χ0) is 14.5. The lowest BCUT2D eigenvalue weighted by Gasteiger charge is -2.09. The van der Waals surface area contributed by atoms with E-state index in [0.717, 1.165) is 0 Å². The van der Waals surface area contributed by atoms with Gasteiger partial charge < -0.3 is 9.73 Å². The zero-order valence-electron chi connectivity index (χ0n) is 10.8. The first-order valence-corrected chi connectivity index (χ1v) is 6.79. The summed E-state index contributed by atoms with van der Waals surface area (Å²) in [5, 5.41) is 3.68. The van der Waals surface area contributed by atoms with E-state index in [9.17, 15) is 4.79 Å². The molecule has 0 radical (unpaired) electrons. The van der Waals surface area contributed by atoms with E-state index in [1.54, 1.807) is 36.6 Å². The molecule has 0 saturated heterocycles. The summed E-state index contributed by atoms with van der Waals surface area (Å²) in [5.41, 5.74) is 0.694. The smallest absolute Gasteiger partial charge is 0.244 e. The molecule has 0 saturated carbocycles. The maximum Gasteiger partial charge on any atom is 0.244 e. The maximum absolute atomic E-state index is 11.8. The molecule has 0 spiro atoms. The number of rotatable bonds is 4. The van der Waals surface area contributed by atoms with Gasteiger partial charge in [0.2, 0.25) is 5.91 Å². The van der Waals surface area contributed by atoms with Gasteiger partial charge in [-0.3, -0.25) is 4.79 Å². The third kappa shape index (κ3) is 3.65. The van der Waals surface area contributed by atoms with Gasteiger partial charge in [-0.05, 0) is 36.8 Å². The van der Waals surface area contributed by atoms with Crippen molar-refractivity contribution in [2.45, 2.75) is 13.0 Å². The highest BCUT2D eigenvalue weighted by Crippen LogP contribution is 2.26. The highest BCUT2D eigenvalue weighted by atomic mass is 35.5. The van der Waals surface area contributed by atoms with Gasteiger partial charge in [-0.25, -0.2) is 0 Å². The first-order chi connectivity index (χ1) is 9.58. The van der Waals surface area contributed by atoms with Crippen LogP contribution < -0.4 is 5.32 Å². The molecule has 0 unspecified atom stereocenters. The van der Waals surface area contributed by atoms with E-state index >= 15 is 0 Å². The molecule has 3 nitrogen and oxygen atoms in total. The van der Waals surface area contributed by atoms with Crippen LogP contribution in [-0.4, -0.2) is 5.91 Å². The SMILES string of the molecule is C[C@H](NC(=O)/C=C/c1cccc(Cl)c1Cl)c1ccco1. The molecule has 0 aliphatic heterocycles. The van der Waals surface area contributed by atoms with E-state index in [4.69, 9.17) is 27.6 Å². The fraction of sp³-hybridized carbons (Fsp3) is 0.133. The van der Waals surface area contributed by atoms with Crippen molar-refractivity contribution in [3.63, 3.8) is 0 Å². The first kappa shape index (κ1) is 14.7. The summed E-state index contributed by atoms with van der Waals surface area (Å²) in [6.45, 7) is 1.84. The molecule has 0 bridgehead atoms. The van der Waals surface area contributed by atoms with Crippen molar-refractivity contribution in [3.05, 3.63) is 64.0 Å². The molecular formula is C15H13Cl2NO2. The summed E-state index contributed by atoms with van der Waals surface area (Å²) < 4.78 is 5.22. The fourth-order valence-electron chi connectivity index (χ4n) is 1.68. The highest BCUT2D eigenvalue weighted by molar-refractivity contribution is 6.42. The van der Waals surface area contributed by atoms with Crippen LogP contribution in [0.4, 0.5) is 0 Å². The number of halogens is 2. The van der Waals surface area contributed by atoms with Crippen molar-refractivity contribution >= 4 is 35.2 Å². The Balaban J connectivity index is 2.01. The van der Waals surface area contributed by atoms with Crippen LogP contribution in [0.3, 0.4) is 0 Å². The predicted molar refractivity (Wildman–Crippen MR) is 80.8 cm³/mol. The lowest BCUT2D eigenvalue weighted by Crippen LogP contribution is -2.24. The quantitative estimate of drug-likeness (QED) is 0.846. The van der Waals surface area contributed by atoms with Crippen molar-refractivity contribution in [1.82, 2.24) is 5.32 Å². The van der Waals surface area contributed by atoms with Crippen LogP contribution in [0.5, 0.6) is 0 Å². The Morgan fingerprint density at radius 2 is 2.10 bits per heavy atom. The highest BCUT2D eigenvalue weighted by Gasteiger charge is 2.09. The van der Waals surface area contributed by atoms with Crippen LogP contribution in [-0.2, 0) is 4.79 Å². The topological polar surface area (TPSA) is 42.2 Å². The van der Waals surface area contributed by atoms with Crippen LogP contribution in [0.15, 0.2) is 47.1 Å². The van der Waals surface area contributed by atoms with Crippen LogP contribution in [0.1, 0.15) is 24.3 Å². The molecule has 0 aliphatic carbocycles. The summed E-state index contributed by atoms with van der Waals surface area (Å²) in [6, 6.07) is 8.64. The standard InChI is InChI=1S/C15H13Cl2NO2/c1-10(13-6-3-9-20-13)18-14(19)8-7-11-4-2-5-12(16)15(11)17/h2-10H,1H3,(H,18,19)/b8-7+/t10-/m0/s1. The number of carbonyl (C=O) groups is 1. The third-order valence-electron chi connectivity index (χ3n) is 2.72. The van der Waals surface area contributed by atoms with Crippen LogP contribution >= 0.6 is 23.2 Å². The Morgan fingerprint density at radius 3 is 2.80 bits per heavy atom. The van der Waals surface area contributed by atoms with Crippen molar-refractivity contribution in [2.24, 2.45) is 0 Å². The van der Waals surface area contributed by atoms with Crippen molar-refractivity contribution in [3.8, 4) is 0 Å². The molecule has 1 aromatic carbocycles. The maximum atomic E-state index is 11.8. The summed E-state index contributed by atoms with van der Waals surface area (Å²) >= 11 is 11.9. The normalized spacial score (nSPS) is 12.6. The Bertz CT molecular complexity index is 621. The summed E-state index contributed by atoms with van der Waals surface area (Å²) in [7, 11) is 0. The Morgan fingerprint density at radius 1 is 1.30 bits per heavy atom. The summed E-state index contributed by atoms with van der Waals surface area (Å²) in [4.78, 5) is 11.8. The van der Waals surface area contributed by atoms with Gasteiger partial charge in [0.1, 0.15) is 5.76 Å². The van der Waals surface area contributed by atoms with E-state index < -0.39 is 0 Å². The largest absolute Gasteiger partial charge is 0.467 e. The second-order valence-electron chi connectivity index (χ2n) is 4.22. The number of nitrogens with one attached hydrogen (secondary N) is 1. The second-order valence-corrected chi connectivity index (χ2v) is 5.01. The monoisotopic (exact) mass is 309 g/mol. The average molecular weight is 310 g/mol. The van der Waals surface area contributed by atoms with Crippen molar-refractivity contribution < 1.29 is 9.21 Å². The molecule has 2 aromatic rings. The molecule has 104 valence electrons. The van der Waals surface area contributed by atoms with Gasteiger partial charge in [0.05, 0.1) is 22.4 Å². The van der Waals surface area contributed by atoms with Crippen LogP contribution in [0.2, 0.25) is 10.0 Å². The lowest BCUT2D eigenvalue weighted by atomic mass is 10.2. The van der Waals surface area contributed by atoms with Gasteiger partial charge in [0.15, 0.2) is 0 Å². The first-order valence-electron chi connectivity index (χ1n) is 6.04. The number of benzene rings is 1. The fourth-order valence-corrected chi connectivity index (χ4v) is 2.06. The Hall–Kier alpha value is -1.71. The zero-order valence-corrected chi connectivity index (χ0v) is 12.3. The molecule has 1 aromatic heterocycles. The van der Waals surface area contributed by atoms with Gasteiger partial charge in [-0.15, -0.1) is 0 Å². The van der Waals surface area contributed by atoms with Gasteiger partial charge in [-0.2, -0.15) is 0 Å². The molecule has 0 aliphatic rings. The number of amides is 1. The average Bonchev–Trinajstić information content (AvgIpc) is 2.94. The van der Waals surface area contributed by atoms with E-state index in [0.29, 0.717) is 21.4 Å². The Labute approximate surface area is 127 Å². The lowest BCUT2D eigenvalue weighted by molar-refractivity contribution is -0.117. The number of carbonyl (C=O) groups excluding carboxylic acids is 1. The molecular weight excluding hydrogens is 297 g/mol. The minimum Gasteiger partial charge on any atom is -0.467 e. The molecule has 5 heteroatoms. The molecule has 1 heterocycles. The van der Waals surface area contributed by atoms with Crippen LogP contribution in [0, 0.1) is 0 Å². The number of furan rings is 1. The minimum absolute atomic E-state index is 0.197. The van der Waals surface area contributed by atoms with E-state index in [2.05, 4.69) is 5.32 Å². The van der Waals surface area contributed by atoms with E-state index in [1.807, 2.05) is 13.0 Å². The van der Waals surface area contributed by atoms with Crippen molar-refractivity contribution in [2.75, 3.05) is 0 Å². The predicted octanol–water partition coefficient (Wildman–Crippen LogP) is 4.48. The second kappa shape index (κ2) is 6.64. The molecule has 1 amide bonds.